The number of aliphatic imine (C=N–C) groups is 1. The first-order valence-electron chi connectivity index (χ1n) is 9.35. The number of aryl methyl sites for hydroxylation is 1. The summed E-state index contributed by atoms with van der Waals surface area (Å²) in [7, 11) is -1.84. The monoisotopic (exact) mass is 407 g/mol. The third kappa shape index (κ3) is 6.93. The van der Waals surface area contributed by atoms with E-state index in [9.17, 15) is 8.42 Å². The molecule has 0 amide bonds. The van der Waals surface area contributed by atoms with Crippen LogP contribution in [0, 0.1) is 0 Å². The summed E-state index contributed by atoms with van der Waals surface area (Å²) >= 11 is 0. The summed E-state index contributed by atoms with van der Waals surface area (Å²) in [4.78, 5) is 4.59. The fraction of sp³-hybridized carbons (Fsp3) is 0.500. The standard InChI is InChI=1S/C18H29N7O2S/c1-4-17-24-23-14-25(17)11-10-21-18(20-5-2)22-12-15-6-8-16(9-7-15)13-28(26,27)19-3/h6-9,14,19H,4-5,10-13H2,1-3H3,(H2,20,21,22). The largest absolute Gasteiger partial charge is 0.357 e. The van der Waals surface area contributed by atoms with Crippen molar-refractivity contribution in [1.29, 1.82) is 0 Å². The van der Waals surface area contributed by atoms with Crippen LogP contribution in [0.25, 0.3) is 0 Å². The highest BCUT2D eigenvalue weighted by atomic mass is 32.2. The molecule has 1 aromatic heterocycles. The molecule has 154 valence electrons. The smallest absolute Gasteiger partial charge is 0.215 e. The molecule has 0 spiro atoms. The van der Waals surface area contributed by atoms with Crippen LogP contribution in [0.2, 0.25) is 0 Å². The maximum atomic E-state index is 11.6. The molecule has 0 saturated carbocycles. The summed E-state index contributed by atoms with van der Waals surface area (Å²) in [5.74, 6) is 1.67. The molecule has 1 aromatic carbocycles. The van der Waals surface area contributed by atoms with E-state index in [4.69, 9.17) is 0 Å². The number of hydrogen-bond donors (Lipinski definition) is 3. The van der Waals surface area contributed by atoms with Crippen molar-refractivity contribution in [3.63, 3.8) is 0 Å². The van der Waals surface area contributed by atoms with Gasteiger partial charge < -0.3 is 15.2 Å². The SMILES string of the molecule is CCNC(=NCc1ccc(CS(=O)(=O)NC)cc1)NCCn1cnnc1CC. The van der Waals surface area contributed by atoms with Crippen LogP contribution in [-0.4, -0.2) is 49.3 Å². The summed E-state index contributed by atoms with van der Waals surface area (Å²) in [5, 5.41) is 14.5. The number of aromatic nitrogens is 3. The Morgan fingerprint density at radius 3 is 2.50 bits per heavy atom. The zero-order valence-electron chi connectivity index (χ0n) is 16.6. The van der Waals surface area contributed by atoms with E-state index < -0.39 is 10.0 Å². The second-order valence-corrected chi connectivity index (χ2v) is 8.12. The van der Waals surface area contributed by atoms with Crippen molar-refractivity contribution in [2.24, 2.45) is 4.99 Å². The van der Waals surface area contributed by atoms with Crippen LogP contribution >= 0.6 is 0 Å². The van der Waals surface area contributed by atoms with Crippen molar-refractivity contribution >= 4 is 16.0 Å². The molecule has 0 saturated heterocycles. The van der Waals surface area contributed by atoms with E-state index in [1.54, 1.807) is 6.33 Å². The van der Waals surface area contributed by atoms with Gasteiger partial charge in [-0.15, -0.1) is 10.2 Å². The van der Waals surface area contributed by atoms with Gasteiger partial charge in [0.05, 0.1) is 12.3 Å². The van der Waals surface area contributed by atoms with Crippen molar-refractivity contribution < 1.29 is 8.42 Å². The van der Waals surface area contributed by atoms with Crippen molar-refractivity contribution in [3.8, 4) is 0 Å². The number of sulfonamides is 1. The molecule has 9 nitrogen and oxygen atoms in total. The van der Waals surface area contributed by atoms with E-state index in [1.165, 1.54) is 7.05 Å². The van der Waals surface area contributed by atoms with Crippen LogP contribution in [0.5, 0.6) is 0 Å². The summed E-state index contributed by atoms with van der Waals surface area (Å²) in [5.41, 5.74) is 1.75. The van der Waals surface area contributed by atoms with Crippen LogP contribution < -0.4 is 15.4 Å². The molecule has 0 radical (unpaired) electrons. The zero-order chi connectivity index (χ0) is 20.4. The Kier molecular flexibility index (Phi) is 8.40. The van der Waals surface area contributed by atoms with Crippen LogP contribution in [0.3, 0.4) is 0 Å². The molecule has 2 aromatic rings. The summed E-state index contributed by atoms with van der Waals surface area (Å²) < 4.78 is 27.6. The van der Waals surface area contributed by atoms with Gasteiger partial charge in [0.2, 0.25) is 10.0 Å². The average molecular weight is 408 g/mol. The molecule has 1 heterocycles. The van der Waals surface area contributed by atoms with Gasteiger partial charge in [0.1, 0.15) is 12.2 Å². The highest BCUT2D eigenvalue weighted by molar-refractivity contribution is 7.88. The lowest BCUT2D eigenvalue weighted by atomic mass is 10.1. The number of nitrogens with zero attached hydrogens (tertiary/aromatic N) is 4. The third-order valence-corrected chi connectivity index (χ3v) is 5.45. The topological polar surface area (TPSA) is 113 Å². The first-order valence-corrected chi connectivity index (χ1v) is 11.0. The molecule has 0 aliphatic carbocycles. The van der Waals surface area contributed by atoms with E-state index in [0.717, 1.165) is 42.4 Å². The highest BCUT2D eigenvalue weighted by Crippen LogP contribution is 2.08. The number of hydrogen-bond acceptors (Lipinski definition) is 5. The second kappa shape index (κ2) is 10.8. The number of benzene rings is 1. The van der Waals surface area contributed by atoms with E-state index >= 15 is 0 Å². The van der Waals surface area contributed by atoms with E-state index in [1.807, 2.05) is 35.8 Å². The van der Waals surface area contributed by atoms with Crippen molar-refractivity contribution in [2.45, 2.75) is 39.1 Å². The predicted molar refractivity (Wildman–Crippen MR) is 110 cm³/mol. The van der Waals surface area contributed by atoms with Crippen LogP contribution in [0.4, 0.5) is 0 Å². The Morgan fingerprint density at radius 1 is 1.14 bits per heavy atom. The molecule has 28 heavy (non-hydrogen) atoms. The minimum absolute atomic E-state index is 0.0277. The first kappa shape index (κ1) is 21.8. The molecule has 0 unspecified atom stereocenters. The predicted octanol–water partition coefficient (Wildman–Crippen LogP) is 0.645. The molecule has 3 N–H and O–H groups in total. The van der Waals surface area contributed by atoms with Gasteiger partial charge in [-0.1, -0.05) is 31.2 Å². The Balaban J connectivity index is 1.90. The van der Waals surface area contributed by atoms with E-state index in [-0.39, 0.29) is 5.75 Å². The fourth-order valence-corrected chi connectivity index (χ4v) is 3.35. The minimum atomic E-state index is -3.26. The number of rotatable bonds is 10. The second-order valence-electron chi connectivity index (χ2n) is 6.20. The van der Waals surface area contributed by atoms with Crippen LogP contribution in [0.15, 0.2) is 35.6 Å². The van der Waals surface area contributed by atoms with Crippen molar-refractivity contribution in [2.75, 3.05) is 20.1 Å². The molecule has 2 rings (SSSR count). The summed E-state index contributed by atoms with van der Waals surface area (Å²) in [6.07, 6.45) is 2.58. The molecular weight excluding hydrogens is 378 g/mol. The highest BCUT2D eigenvalue weighted by Gasteiger charge is 2.08. The zero-order valence-corrected chi connectivity index (χ0v) is 17.5. The molecule has 0 fully saturated rings. The number of nitrogens with one attached hydrogen (secondary N) is 3. The van der Waals surface area contributed by atoms with E-state index in [2.05, 4.69) is 37.5 Å². The minimum Gasteiger partial charge on any atom is -0.357 e. The Bertz CT molecular complexity index is 860. The lowest BCUT2D eigenvalue weighted by Crippen LogP contribution is -2.38. The maximum Gasteiger partial charge on any atom is 0.215 e. The average Bonchev–Trinajstić information content (AvgIpc) is 3.14. The molecule has 0 atom stereocenters. The Morgan fingerprint density at radius 2 is 1.86 bits per heavy atom. The molecule has 0 aliphatic rings. The van der Waals surface area contributed by atoms with Gasteiger partial charge in [0.25, 0.3) is 0 Å². The van der Waals surface area contributed by atoms with Crippen molar-refractivity contribution in [3.05, 3.63) is 47.5 Å². The van der Waals surface area contributed by atoms with Gasteiger partial charge in [0.15, 0.2) is 5.96 Å². The van der Waals surface area contributed by atoms with Gasteiger partial charge in [-0.05, 0) is 25.1 Å². The Labute approximate surface area is 166 Å². The molecule has 0 bridgehead atoms. The number of guanidine groups is 1. The first-order chi connectivity index (χ1) is 13.5. The summed E-state index contributed by atoms with van der Waals surface area (Å²) in [6.45, 7) is 6.80. The fourth-order valence-electron chi connectivity index (χ4n) is 2.58. The van der Waals surface area contributed by atoms with Crippen LogP contribution in [0.1, 0.15) is 30.8 Å². The van der Waals surface area contributed by atoms with Gasteiger partial charge in [0, 0.05) is 26.1 Å². The van der Waals surface area contributed by atoms with Crippen molar-refractivity contribution in [1.82, 2.24) is 30.1 Å². The third-order valence-electron chi connectivity index (χ3n) is 4.11. The molecule has 0 aliphatic heterocycles. The molecule has 10 heteroatoms. The van der Waals surface area contributed by atoms with Gasteiger partial charge in [-0.3, -0.25) is 0 Å². The summed E-state index contributed by atoms with van der Waals surface area (Å²) in [6, 6.07) is 7.44. The van der Waals surface area contributed by atoms with Gasteiger partial charge in [-0.25, -0.2) is 18.1 Å². The maximum absolute atomic E-state index is 11.6. The lowest BCUT2D eigenvalue weighted by molar-refractivity contribution is 0.587. The van der Waals surface area contributed by atoms with Gasteiger partial charge in [-0.2, -0.15) is 0 Å². The quantitative estimate of drug-likeness (QED) is 0.394. The Hall–Kier alpha value is -2.46. The normalized spacial score (nSPS) is 12.2. The molecular formula is C18H29N7O2S. The lowest BCUT2D eigenvalue weighted by Gasteiger charge is -2.12. The van der Waals surface area contributed by atoms with Crippen LogP contribution in [-0.2, 0) is 35.3 Å². The van der Waals surface area contributed by atoms with Gasteiger partial charge >= 0.3 is 0 Å². The van der Waals surface area contributed by atoms with E-state index in [0.29, 0.717) is 13.1 Å².